The molecule has 1 aromatic carbocycles. The smallest absolute Gasteiger partial charge is 0.269 e. The van der Waals surface area contributed by atoms with Crippen LogP contribution in [-0.2, 0) is 4.79 Å². The van der Waals surface area contributed by atoms with Gasteiger partial charge in [0.05, 0.1) is 14.2 Å². The number of nitrogens with zero attached hydrogens (tertiary/aromatic N) is 1. The molecule has 0 heterocycles. The zero-order valence-corrected chi connectivity index (χ0v) is 12.0. The third kappa shape index (κ3) is 3.25. The molecule has 2 unspecified atom stereocenters. The van der Waals surface area contributed by atoms with Crippen LogP contribution in [0.15, 0.2) is 18.2 Å². The highest BCUT2D eigenvalue weighted by Crippen LogP contribution is 2.32. The molecule has 1 fully saturated rings. The third-order valence-corrected chi connectivity index (χ3v) is 3.31. The van der Waals surface area contributed by atoms with Crippen LogP contribution in [0.5, 0.6) is 11.5 Å². The average molecular weight is 309 g/mol. The highest BCUT2D eigenvalue weighted by atomic mass is 16.6. The molecule has 2 N–H and O–H groups in total. The topological polar surface area (TPSA) is 120 Å². The average Bonchev–Trinajstić information content (AvgIpc) is 3.32. The third-order valence-electron chi connectivity index (χ3n) is 3.31. The first kappa shape index (κ1) is 15.5. The Hall–Kier alpha value is -2.84. The highest BCUT2D eigenvalue weighted by molar-refractivity contribution is 5.96. The lowest BCUT2D eigenvalue weighted by Gasteiger charge is -2.10. The van der Waals surface area contributed by atoms with Crippen LogP contribution in [0.25, 0.3) is 0 Å². The minimum absolute atomic E-state index is 0.186. The molecule has 0 radical (unpaired) electrons. The molecular formula is C13H15N3O6. The first-order valence-corrected chi connectivity index (χ1v) is 6.43. The van der Waals surface area contributed by atoms with Gasteiger partial charge >= 0.3 is 0 Å². The summed E-state index contributed by atoms with van der Waals surface area (Å²) < 4.78 is 10.1. The van der Waals surface area contributed by atoms with Crippen molar-refractivity contribution in [3.63, 3.8) is 0 Å². The number of nitro groups is 1. The van der Waals surface area contributed by atoms with E-state index in [2.05, 4.69) is 10.9 Å². The van der Waals surface area contributed by atoms with Crippen LogP contribution >= 0.6 is 0 Å². The second-order valence-electron chi connectivity index (χ2n) is 4.71. The molecule has 9 heteroatoms. The number of amides is 2. The molecule has 9 nitrogen and oxygen atoms in total. The molecule has 1 aromatic rings. The normalized spacial score (nSPS) is 19.0. The van der Waals surface area contributed by atoms with Gasteiger partial charge in [0, 0.05) is 16.9 Å². The fraction of sp³-hybridized carbons (Fsp3) is 0.385. The van der Waals surface area contributed by atoms with Crippen molar-refractivity contribution in [2.75, 3.05) is 14.2 Å². The van der Waals surface area contributed by atoms with Crippen molar-refractivity contribution in [2.45, 2.75) is 12.5 Å². The first-order chi connectivity index (χ1) is 10.5. The van der Waals surface area contributed by atoms with E-state index in [-0.39, 0.29) is 12.0 Å². The molecule has 22 heavy (non-hydrogen) atoms. The maximum absolute atomic E-state index is 11.9. The van der Waals surface area contributed by atoms with Gasteiger partial charge in [0.1, 0.15) is 5.92 Å². The molecule has 1 aliphatic rings. The van der Waals surface area contributed by atoms with Gasteiger partial charge in [-0.1, -0.05) is 0 Å². The highest BCUT2D eigenvalue weighted by Gasteiger charge is 2.53. The Morgan fingerprint density at radius 1 is 1.23 bits per heavy atom. The van der Waals surface area contributed by atoms with Crippen molar-refractivity contribution in [2.24, 2.45) is 5.92 Å². The van der Waals surface area contributed by atoms with Gasteiger partial charge in [-0.25, -0.2) is 0 Å². The summed E-state index contributed by atoms with van der Waals surface area (Å²) in [6.45, 7) is 0. The van der Waals surface area contributed by atoms with Crippen LogP contribution in [0.2, 0.25) is 0 Å². The zero-order chi connectivity index (χ0) is 16.3. The number of rotatable bonds is 5. The van der Waals surface area contributed by atoms with Gasteiger partial charge in [-0.15, -0.1) is 0 Å². The van der Waals surface area contributed by atoms with Gasteiger partial charge in [-0.3, -0.25) is 30.6 Å². The second kappa shape index (κ2) is 6.29. The number of nitrogens with one attached hydrogen (secondary N) is 2. The fourth-order valence-corrected chi connectivity index (χ4v) is 1.96. The van der Waals surface area contributed by atoms with Crippen LogP contribution in [0.3, 0.4) is 0 Å². The van der Waals surface area contributed by atoms with Crippen LogP contribution in [0, 0.1) is 16.0 Å². The lowest BCUT2D eigenvalue weighted by molar-refractivity contribution is -0.497. The number of hydrogen-bond acceptors (Lipinski definition) is 6. The number of carbonyl (C=O) groups excluding carboxylic acids is 2. The Bertz CT molecular complexity index is 618. The molecule has 0 aliphatic heterocycles. The number of benzene rings is 1. The maximum Gasteiger partial charge on any atom is 0.269 e. The molecular weight excluding hydrogens is 294 g/mol. The van der Waals surface area contributed by atoms with Crippen LogP contribution < -0.4 is 20.3 Å². The van der Waals surface area contributed by atoms with E-state index < -0.39 is 28.7 Å². The van der Waals surface area contributed by atoms with Gasteiger partial charge in [0.2, 0.25) is 11.9 Å². The Morgan fingerprint density at radius 2 is 1.91 bits per heavy atom. The van der Waals surface area contributed by atoms with Crippen LogP contribution in [0.1, 0.15) is 16.8 Å². The van der Waals surface area contributed by atoms with E-state index in [1.807, 2.05) is 0 Å². The Morgan fingerprint density at radius 3 is 2.45 bits per heavy atom. The van der Waals surface area contributed by atoms with Gasteiger partial charge in [0.25, 0.3) is 5.91 Å². The van der Waals surface area contributed by atoms with Gasteiger partial charge in [-0.05, 0) is 18.2 Å². The van der Waals surface area contributed by atoms with Gasteiger partial charge in [0.15, 0.2) is 11.5 Å². The zero-order valence-electron chi connectivity index (χ0n) is 12.0. The summed E-state index contributed by atoms with van der Waals surface area (Å²) in [7, 11) is 2.91. The predicted molar refractivity (Wildman–Crippen MR) is 74.0 cm³/mol. The number of hydrazine groups is 1. The standard InChI is InChI=1S/C13H15N3O6/c1-21-10-4-3-7(5-11(10)22-2)12(17)14-15-13(18)8-6-9(8)16(19)20/h3-5,8-9H,6H2,1-2H3,(H,14,17)(H,15,18). The first-order valence-electron chi connectivity index (χ1n) is 6.43. The maximum atomic E-state index is 11.9. The summed E-state index contributed by atoms with van der Waals surface area (Å²) in [5, 5.41) is 10.5. The summed E-state index contributed by atoms with van der Waals surface area (Å²) >= 11 is 0. The van der Waals surface area contributed by atoms with E-state index in [1.54, 1.807) is 6.07 Å². The number of hydrogen-bond donors (Lipinski definition) is 2. The molecule has 1 saturated carbocycles. The lowest BCUT2D eigenvalue weighted by Crippen LogP contribution is -2.43. The largest absolute Gasteiger partial charge is 0.493 e. The summed E-state index contributed by atoms with van der Waals surface area (Å²) in [4.78, 5) is 33.5. The monoisotopic (exact) mass is 309 g/mol. The molecule has 2 rings (SSSR count). The Balaban J connectivity index is 1.93. The SMILES string of the molecule is COc1ccc(C(=O)NNC(=O)C2CC2[N+](=O)[O-])cc1OC. The fourth-order valence-electron chi connectivity index (χ4n) is 1.96. The van der Waals surface area contributed by atoms with Crippen molar-refractivity contribution in [1.82, 2.24) is 10.9 Å². The number of ether oxygens (including phenoxy) is 2. The lowest BCUT2D eigenvalue weighted by atomic mass is 10.2. The summed E-state index contributed by atoms with van der Waals surface area (Å²) in [6.07, 6.45) is 0.186. The molecule has 0 aromatic heterocycles. The van der Waals surface area contributed by atoms with Crippen molar-refractivity contribution < 1.29 is 24.0 Å². The number of carbonyl (C=O) groups is 2. The summed E-state index contributed by atoms with van der Waals surface area (Å²) in [6, 6.07) is 3.65. The molecule has 2 amide bonds. The minimum Gasteiger partial charge on any atom is -0.493 e. The molecule has 118 valence electrons. The van der Waals surface area contributed by atoms with E-state index in [0.717, 1.165) is 0 Å². The predicted octanol–water partition coefficient (Wildman–Crippen LogP) is 0.130. The van der Waals surface area contributed by atoms with E-state index in [0.29, 0.717) is 11.5 Å². The Labute approximate surface area is 125 Å². The van der Waals surface area contributed by atoms with Crippen molar-refractivity contribution in [3.8, 4) is 11.5 Å². The van der Waals surface area contributed by atoms with Crippen molar-refractivity contribution >= 4 is 11.8 Å². The van der Waals surface area contributed by atoms with E-state index in [4.69, 9.17) is 9.47 Å². The van der Waals surface area contributed by atoms with E-state index in [1.165, 1.54) is 26.4 Å². The molecule has 0 bridgehead atoms. The molecule has 1 aliphatic carbocycles. The molecule has 2 atom stereocenters. The van der Waals surface area contributed by atoms with Crippen molar-refractivity contribution in [3.05, 3.63) is 33.9 Å². The number of methoxy groups -OCH3 is 2. The van der Waals surface area contributed by atoms with Crippen LogP contribution in [-0.4, -0.2) is 37.0 Å². The van der Waals surface area contributed by atoms with Gasteiger partial charge < -0.3 is 9.47 Å². The van der Waals surface area contributed by atoms with Crippen molar-refractivity contribution in [1.29, 1.82) is 0 Å². The second-order valence-corrected chi connectivity index (χ2v) is 4.71. The van der Waals surface area contributed by atoms with E-state index >= 15 is 0 Å². The summed E-state index contributed by atoms with van der Waals surface area (Å²) in [5.41, 5.74) is 4.64. The molecule has 0 spiro atoms. The molecule has 0 saturated heterocycles. The van der Waals surface area contributed by atoms with Gasteiger partial charge in [-0.2, -0.15) is 0 Å². The van der Waals surface area contributed by atoms with Crippen LogP contribution in [0.4, 0.5) is 0 Å². The van der Waals surface area contributed by atoms with E-state index in [9.17, 15) is 19.7 Å². The minimum atomic E-state index is -0.863. The quantitative estimate of drug-likeness (QED) is 0.589. The Kier molecular flexibility index (Phi) is 4.44. The summed E-state index contributed by atoms with van der Waals surface area (Å²) in [5.74, 6) is -0.990.